The Hall–Kier alpha value is -1.93. The second-order valence-corrected chi connectivity index (χ2v) is 7.57. The monoisotopic (exact) mass is 338 g/mol. The number of aromatic nitrogens is 1. The molecule has 1 aliphatic rings. The summed E-state index contributed by atoms with van der Waals surface area (Å²) in [4.78, 5) is 17.2. The number of hydrogen-bond acceptors (Lipinski definition) is 5. The van der Waals surface area contributed by atoms with Gasteiger partial charge in [0.05, 0.1) is 6.54 Å². The fourth-order valence-electron chi connectivity index (χ4n) is 2.20. The Bertz CT molecular complexity index is 713. The molecule has 0 saturated carbocycles. The summed E-state index contributed by atoms with van der Waals surface area (Å²) in [5.41, 5.74) is 1.03. The maximum atomic E-state index is 12.7. The predicted molar refractivity (Wildman–Crippen MR) is 88.6 cm³/mol. The van der Waals surface area contributed by atoms with Gasteiger partial charge >= 0.3 is 0 Å². The summed E-state index contributed by atoms with van der Waals surface area (Å²) in [6.45, 7) is 2.83. The van der Waals surface area contributed by atoms with Gasteiger partial charge < -0.3 is 10.2 Å². The van der Waals surface area contributed by atoms with Crippen LogP contribution in [0.25, 0.3) is 0 Å². The summed E-state index contributed by atoms with van der Waals surface area (Å²) in [5.74, 6) is 0.252. The minimum atomic E-state index is -3.63. The Morgan fingerprint density at radius 3 is 2.78 bits per heavy atom. The van der Waals surface area contributed by atoms with Crippen molar-refractivity contribution in [2.24, 2.45) is 0 Å². The normalized spacial score (nSPS) is 15.9. The molecule has 1 aromatic heterocycles. The van der Waals surface area contributed by atoms with Crippen molar-refractivity contribution < 1.29 is 13.2 Å². The summed E-state index contributed by atoms with van der Waals surface area (Å²) < 4.78 is 26.8. The molecule has 1 aliphatic heterocycles. The van der Waals surface area contributed by atoms with E-state index in [0.717, 1.165) is 5.57 Å². The molecule has 0 fully saturated rings. The second-order valence-electron chi connectivity index (χ2n) is 5.68. The maximum Gasteiger partial charge on any atom is 0.260 e. The zero-order valence-corrected chi connectivity index (χ0v) is 14.4. The number of nitrogens with one attached hydrogen (secondary N) is 1. The second kappa shape index (κ2) is 7.10. The standard InChI is InChI=1S/C15H22N4O3S/c1-12-6-5-9-19(11-12)23(21,22)14-8-4-7-13(17-14)16-10-15(20)18(2)3/h4,6-8H,5,9-11H2,1-3H3,(H,16,17). The van der Waals surface area contributed by atoms with Gasteiger partial charge in [-0.05, 0) is 25.5 Å². The zero-order chi connectivity index (χ0) is 17.0. The van der Waals surface area contributed by atoms with Crippen LogP contribution in [0.3, 0.4) is 0 Å². The molecule has 0 atom stereocenters. The van der Waals surface area contributed by atoms with Crippen LogP contribution in [-0.4, -0.2) is 62.2 Å². The molecular formula is C15H22N4O3S. The van der Waals surface area contributed by atoms with Crippen molar-refractivity contribution in [3.8, 4) is 0 Å². The molecule has 0 aliphatic carbocycles. The highest BCUT2D eigenvalue weighted by Crippen LogP contribution is 2.20. The van der Waals surface area contributed by atoms with Crippen molar-refractivity contribution in [2.45, 2.75) is 18.4 Å². The van der Waals surface area contributed by atoms with Gasteiger partial charge in [0.25, 0.3) is 10.0 Å². The lowest BCUT2D eigenvalue weighted by atomic mass is 10.2. The Balaban J connectivity index is 2.15. The van der Waals surface area contributed by atoms with Crippen molar-refractivity contribution in [1.29, 1.82) is 0 Å². The van der Waals surface area contributed by atoms with Gasteiger partial charge in [-0.25, -0.2) is 13.4 Å². The summed E-state index contributed by atoms with van der Waals surface area (Å²) in [6, 6.07) is 4.74. The molecule has 0 unspecified atom stereocenters. The van der Waals surface area contributed by atoms with Crippen molar-refractivity contribution in [3.63, 3.8) is 0 Å². The molecule has 0 saturated heterocycles. The number of hydrogen-bond donors (Lipinski definition) is 1. The number of sulfonamides is 1. The minimum absolute atomic E-state index is 0.00509. The van der Waals surface area contributed by atoms with Crippen LogP contribution < -0.4 is 5.32 Å². The van der Waals surface area contributed by atoms with Gasteiger partial charge in [-0.2, -0.15) is 4.31 Å². The van der Waals surface area contributed by atoms with E-state index in [-0.39, 0.29) is 17.5 Å². The maximum absolute atomic E-state index is 12.7. The minimum Gasteiger partial charge on any atom is -0.361 e. The number of amides is 1. The molecule has 0 aromatic carbocycles. The van der Waals surface area contributed by atoms with E-state index in [1.54, 1.807) is 26.2 Å². The van der Waals surface area contributed by atoms with Crippen LogP contribution in [0, 0.1) is 0 Å². The Morgan fingerprint density at radius 2 is 2.13 bits per heavy atom. The van der Waals surface area contributed by atoms with E-state index in [1.807, 2.05) is 13.0 Å². The summed E-state index contributed by atoms with van der Waals surface area (Å²) in [7, 11) is -0.312. The largest absolute Gasteiger partial charge is 0.361 e. The van der Waals surface area contributed by atoms with E-state index in [0.29, 0.717) is 25.3 Å². The number of nitrogens with zero attached hydrogens (tertiary/aromatic N) is 3. The molecular weight excluding hydrogens is 316 g/mol. The molecule has 1 aromatic rings. The first-order valence-electron chi connectivity index (χ1n) is 7.37. The smallest absolute Gasteiger partial charge is 0.260 e. The van der Waals surface area contributed by atoms with E-state index in [1.165, 1.54) is 15.3 Å². The molecule has 126 valence electrons. The van der Waals surface area contributed by atoms with E-state index < -0.39 is 10.0 Å². The van der Waals surface area contributed by atoms with Crippen molar-refractivity contribution in [3.05, 3.63) is 29.8 Å². The van der Waals surface area contributed by atoms with Gasteiger partial charge in [-0.15, -0.1) is 0 Å². The van der Waals surface area contributed by atoms with E-state index in [2.05, 4.69) is 10.3 Å². The fourth-order valence-corrected chi connectivity index (χ4v) is 3.64. The highest BCUT2D eigenvalue weighted by atomic mass is 32.2. The van der Waals surface area contributed by atoms with Crippen LogP contribution >= 0.6 is 0 Å². The summed E-state index contributed by atoms with van der Waals surface area (Å²) >= 11 is 0. The number of anilines is 1. The van der Waals surface area contributed by atoms with Gasteiger partial charge in [-0.1, -0.05) is 17.7 Å². The molecule has 2 heterocycles. The van der Waals surface area contributed by atoms with Gasteiger partial charge in [-0.3, -0.25) is 4.79 Å². The summed E-state index contributed by atoms with van der Waals surface area (Å²) in [5, 5.41) is 2.85. The first kappa shape index (κ1) is 17.4. The molecule has 1 amide bonds. The van der Waals surface area contributed by atoms with Crippen LogP contribution in [0.2, 0.25) is 0 Å². The predicted octanol–water partition coefficient (Wildman–Crippen LogP) is 0.922. The molecule has 0 bridgehead atoms. The quantitative estimate of drug-likeness (QED) is 0.808. The van der Waals surface area contributed by atoms with E-state index in [4.69, 9.17) is 0 Å². The Kier molecular flexibility index (Phi) is 5.38. The van der Waals surface area contributed by atoms with Gasteiger partial charge in [0.1, 0.15) is 5.82 Å². The SMILES string of the molecule is CC1=CCCN(S(=O)(=O)c2cccc(NCC(=O)N(C)C)n2)C1. The molecule has 8 heteroatoms. The number of rotatable bonds is 5. The first-order chi connectivity index (χ1) is 10.8. The van der Waals surface area contributed by atoms with Crippen molar-refractivity contribution in [1.82, 2.24) is 14.2 Å². The Labute approximate surface area is 137 Å². The summed E-state index contributed by atoms with van der Waals surface area (Å²) in [6.07, 6.45) is 2.75. The number of carbonyl (C=O) groups excluding carboxylic acids is 1. The van der Waals surface area contributed by atoms with E-state index >= 15 is 0 Å². The third kappa shape index (κ3) is 4.29. The fraction of sp³-hybridized carbons (Fsp3) is 0.467. The zero-order valence-electron chi connectivity index (χ0n) is 13.6. The van der Waals surface area contributed by atoms with E-state index in [9.17, 15) is 13.2 Å². The molecule has 23 heavy (non-hydrogen) atoms. The van der Waals surface area contributed by atoms with Crippen LogP contribution in [0.4, 0.5) is 5.82 Å². The van der Waals surface area contributed by atoms with Gasteiger partial charge in [0.2, 0.25) is 5.91 Å². The highest BCUT2D eigenvalue weighted by Gasteiger charge is 2.27. The van der Waals surface area contributed by atoms with Crippen LogP contribution in [0.5, 0.6) is 0 Å². The molecule has 1 N–H and O–H groups in total. The van der Waals surface area contributed by atoms with Crippen molar-refractivity contribution >= 4 is 21.7 Å². The van der Waals surface area contributed by atoms with Crippen LogP contribution in [-0.2, 0) is 14.8 Å². The van der Waals surface area contributed by atoms with Crippen LogP contribution in [0.1, 0.15) is 13.3 Å². The number of pyridine rings is 1. The molecule has 0 spiro atoms. The number of likely N-dealkylation sites (N-methyl/N-ethyl adjacent to an activating group) is 1. The molecule has 0 radical (unpaired) electrons. The van der Waals surface area contributed by atoms with Gasteiger partial charge in [0.15, 0.2) is 5.03 Å². The lowest BCUT2D eigenvalue weighted by molar-refractivity contribution is -0.126. The Morgan fingerprint density at radius 1 is 1.39 bits per heavy atom. The topological polar surface area (TPSA) is 82.6 Å². The third-order valence-corrected chi connectivity index (χ3v) is 5.29. The van der Waals surface area contributed by atoms with Crippen LogP contribution in [0.15, 0.2) is 34.9 Å². The first-order valence-corrected chi connectivity index (χ1v) is 8.81. The average Bonchev–Trinajstić information content (AvgIpc) is 2.52. The lowest BCUT2D eigenvalue weighted by Crippen LogP contribution is -2.36. The average molecular weight is 338 g/mol. The lowest BCUT2D eigenvalue weighted by Gasteiger charge is -2.25. The highest BCUT2D eigenvalue weighted by molar-refractivity contribution is 7.89. The third-order valence-electron chi connectivity index (χ3n) is 3.54. The van der Waals surface area contributed by atoms with Crippen molar-refractivity contribution in [2.75, 3.05) is 39.0 Å². The number of carbonyl (C=O) groups is 1. The van der Waals surface area contributed by atoms with Gasteiger partial charge in [0, 0.05) is 27.2 Å². The molecule has 7 nitrogen and oxygen atoms in total. The molecule has 2 rings (SSSR count).